The lowest BCUT2D eigenvalue weighted by molar-refractivity contribution is -0.166. The zero-order chi connectivity index (χ0) is 35.4. The van der Waals surface area contributed by atoms with Gasteiger partial charge in [-0.1, -0.05) is 43.3 Å². The van der Waals surface area contributed by atoms with Crippen LogP contribution in [-0.2, 0) is 33.3 Å². The molecular formula is C34H37N3O11S. The van der Waals surface area contributed by atoms with Gasteiger partial charge in [-0.05, 0) is 37.6 Å². The minimum Gasteiger partial charge on any atom is -0.424 e. The van der Waals surface area contributed by atoms with E-state index in [0.717, 1.165) is 0 Å². The van der Waals surface area contributed by atoms with E-state index in [1.54, 1.807) is 74.8 Å². The van der Waals surface area contributed by atoms with E-state index in [1.165, 1.54) is 33.4 Å². The molecule has 0 spiro atoms. The van der Waals surface area contributed by atoms with Crippen LogP contribution in [0.5, 0.6) is 0 Å². The van der Waals surface area contributed by atoms with Gasteiger partial charge in [-0.2, -0.15) is 0 Å². The topological polar surface area (TPSA) is 169 Å². The number of ether oxygens (including phenoxy) is 4. The summed E-state index contributed by atoms with van der Waals surface area (Å²) in [5, 5.41) is 9.92. The van der Waals surface area contributed by atoms with Gasteiger partial charge in [-0.3, -0.25) is 14.5 Å². The fourth-order valence-electron chi connectivity index (χ4n) is 6.20. The van der Waals surface area contributed by atoms with Gasteiger partial charge in [-0.15, -0.1) is 11.8 Å². The molecule has 0 radical (unpaired) electrons. The van der Waals surface area contributed by atoms with Crippen molar-refractivity contribution in [1.29, 1.82) is 0 Å². The standard InChI is InChI=1S/C34H37N3O11S/c1-19-26-25(20(2)38)30(40)37(26)27(33(43)47-17-45-31(41)21-11-7-5-8-12-21)28(19)49-23-15-24(29(39)35(3)4)36(16-23)34(44)48-18-46-32(42)22-13-9-6-10-14-22/h5-14,19-20,23-26,38H,15-18H2,1-4H3. The average molecular weight is 696 g/mol. The number of rotatable bonds is 11. The number of hydrogen-bond donors (Lipinski definition) is 1. The van der Waals surface area contributed by atoms with E-state index < -0.39 is 78.8 Å². The van der Waals surface area contributed by atoms with Crippen molar-refractivity contribution >= 4 is 47.6 Å². The van der Waals surface area contributed by atoms with Gasteiger partial charge in [-0.25, -0.2) is 19.2 Å². The van der Waals surface area contributed by atoms with Crippen LogP contribution in [0.1, 0.15) is 41.0 Å². The molecule has 15 heteroatoms. The Morgan fingerprint density at radius 2 is 1.41 bits per heavy atom. The quantitative estimate of drug-likeness (QED) is 0.208. The number of aliphatic hydroxyl groups is 1. The first kappa shape index (κ1) is 35.4. The number of aliphatic hydroxyl groups excluding tert-OH is 1. The van der Waals surface area contributed by atoms with E-state index in [2.05, 4.69) is 0 Å². The Bertz CT molecular complexity index is 1630. The van der Waals surface area contributed by atoms with Crippen LogP contribution in [0.25, 0.3) is 0 Å². The number of benzene rings is 2. The molecule has 2 saturated heterocycles. The number of β-lactam (4-membered cyclic amide) rings is 1. The first-order valence-corrected chi connectivity index (χ1v) is 16.5. The Labute approximate surface area is 286 Å². The van der Waals surface area contributed by atoms with Gasteiger partial charge in [0.25, 0.3) is 0 Å². The van der Waals surface area contributed by atoms with Crippen molar-refractivity contribution in [2.24, 2.45) is 11.8 Å². The van der Waals surface area contributed by atoms with E-state index >= 15 is 0 Å². The number of likely N-dealkylation sites (N-methyl/N-ethyl adjacent to an activating group) is 1. The highest BCUT2D eigenvalue weighted by Gasteiger charge is 2.60. The highest BCUT2D eigenvalue weighted by molar-refractivity contribution is 8.03. The third kappa shape index (κ3) is 7.42. The number of nitrogens with zero attached hydrogens (tertiary/aromatic N) is 3. The molecule has 49 heavy (non-hydrogen) atoms. The van der Waals surface area contributed by atoms with Gasteiger partial charge < -0.3 is 33.9 Å². The lowest BCUT2D eigenvalue weighted by Gasteiger charge is -2.46. The van der Waals surface area contributed by atoms with Crippen molar-refractivity contribution in [3.05, 3.63) is 82.4 Å². The Morgan fingerprint density at radius 3 is 1.94 bits per heavy atom. The summed E-state index contributed by atoms with van der Waals surface area (Å²) < 4.78 is 20.7. The molecule has 0 saturated carbocycles. The third-order valence-corrected chi connectivity index (χ3v) is 10.1. The second-order valence-corrected chi connectivity index (χ2v) is 13.4. The lowest BCUT2D eigenvalue weighted by atomic mass is 9.79. The van der Waals surface area contributed by atoms with Gasteiger partial charge in [0, 0.05) is 36.7 Å². The van der Waals surface area contributed by atoms with Crippen LogP contribution in [-0.4, -0.2) is 113 Å². The molecule has 3 heterocycles. The number of thioether (sulfide) groups is 1. The second-order valence-electron chi connectivity index (χ2n) is 12.0. The van der Waals surface area contributed by atoms with Crippen molar-refractivity contribution in [3.63, 3.8) is 0 Å². The minimum absolute atomic E-state index is 0.0338. The van der Waals surface area contributed by atoms with E-state index in [1.807, 2.05) is 6.92 Å². The normalized spacial score (nSPS) is 23.3. The SMILES string of the molecule is CC(O)C1C(=O)N2C(C(=O)OCOC(=O)c3ccccc3)=C(SC3CC(C(=O)N(C)C)N(C(=O)OCOC(=O)c4ccccc4)C3)C(C)C12. The molecule has 3 amide bonds. The van der Waals surface area contributed by atoms with Crippen LogP contribution in [0.2, 0.25) is 0 Å². The first-order valence-electron chi connectivity index (χ1n) is 15.6. The molecule has 2 fully saturated rings. The van der Waals surface area contributed by atoms with Crippen LogP contribution in [0, 0.1) is 11.8 Å². The molecule has 3 aliphatic rings. The van der Waals surface area contributed by atoms with Crippen molar-refractivity contribution in [2.45, 2.75) is 43.7 Å². The Morgan fingerprint density at radius 1 is 0.878 bits per heavy atom. The molecule has 2 aromatic carbocycles. The summed E-state index contributed by atoms with van der Waals surface area (Å²) in [6, 6.07) is 14.9. The van der Waals surface area contributed by atoms with Crippen molar-refractivity contribution < 1.29 is 52.8 Å². The fraction of sp³-hybridized carbons (Fsp3) is 0.412. The summed E-state index contributed by atoms with van der Waals surface area (Å²) in [7, 11) is 3.11. The van der Waals surface area contributed by atoms with E-state index in [9.17, 15) is 33.9 Å². The molecule has 5 rings (SSSR count). The Kier molecular flexibility index (Phi) is 10.9. The highest BCUT2D eigenvalue weighted by atomic mass is 32.2. The fourth-order valence-corrected chi connectivity index (χ4v) is 7.72. The Hall–Kier alpha value is -4.89. The number of esters is 3. The van der Waals surface area contributed by atoms with E-state index in [-0.39, 0.29) is 35.7 Å². The smallest absolute Gasteiger partial charge is 0.413 e. The number of carbonyl (C=O) groups is 6. The van der Waals surface area contributed by atoms with Gasteiger partial charge in [0.1, 0.15) is 11.7 Å². The summed E-state index contributed by atoms with van der Waals surface area (Å²) in [6.07, 6.45) is -1.66. The summed E-state index contributed by atoms with van der Waals surface area (Å²) in [5.41, 5.74) is 0.506. The van der Waals surface area contributed by atoms with E-state index in [4.69, 9.17) is 18.9 Å². The minimum atomic E-state index is -0.973. The summed E-state index contributed by atoms with van der Waals surface area (Å²) in [5.74, 6) is -4.24. The number of carbonyl (C=O) groups excluding carboxylic acids is 6. The monoisotopic (exact) mass is 695 g/mol. The molecular weight excluding hydrogens is 658 g/mol. The zero-order valence-corrected chi connectivity index (χ0v) is 28.2. The van der Waals surface area contributed by atoms with Crippen LogP contribution in [0.4, 0.5) is 4.79 Å². The highest BCUT2D eigenvalue weighted by Crippen LogP contribution is 2.52. The molecule has 6 atom stereocenters. The maximum absolute atomic E-state index is 13.5. The van der Waals surface area contributed by atoms with Crippen LogP contribution in [0.15, 0.2) is 71.3 Å². The van der Waals surface area contributed by atoms with Gasteiger partial charge in [0.2, 0.25) is 25.4 Å². The van der Waals surface area contributed by atoms with Gasteiger partial charge in [0.15, 0.2) is 0 Å². The molecule has 0 bridgehead atoms. The van der Waals surface area contributed by atoms with Crippen molar-refractivity contribution in [3.8, 4) is 0 Å². The molecule has 6 unspecified atom stereocenters. The van der Waals surface area contributed by atoms with Crippen LogP contribution in [0.3, 0.4) is 0 Å². The summed E-state index contributed by atoms with van der Waals surface area (Å²) >= 11 is 1.23. The van der Waals surface area contributed by atoms with Crippen LogP contribution < -0.4 is 0 Å². The molecule has 14 nitrogen and oxygen atoms in total. The first-order chi connectivity index (χ1) is 23.4. The summed E-state index contributed by atoms with van der Waals surface area (Å²) in [4.78, 5) is 82.0. The number of likely N-dealkylation sites (tertiary alicyclic amines) is 1. The zero-order valence-electron chi connectivity index (χ0n) is 27.3. The van der Waals surface area contributed by atoms with E-state index in [0.29, 0.717) is 4.91 Å². The van der Waals surface area contributed by atoms with Gasteiger partial charge >= 0.3 is 24.0 Å². The average Bonchev–Trinajstić information content (AvgIpc) is 3.61. The third-order valence-electron chi connectivity index (χ3n) is 8.59. The molecule has 0 aromatic heterocycles. The van der Waals surface area contributed by atoms with Crippen molar-refractivity contribution in [2.75, 3.05) is 34.2 Å². The molecule has 260 valence electrons. The molecule has 3 aliphatic heterocycles. The molecule has 1 N–H and O–H groups in total. The molecule has 0 aliphatic carbocycles. The summed E-state index contributed by atoms with van der Waals surface area (Å²) in [6.45, 7) is 1.99. The maximum atomic E-state index is 13.5. The predicted octanol–water partition coefficient (Wildman–Crippen LogP) is 2.63. The van der Waals surface area contributed by atoms with Crippen LogP contribution >= 0.6 is 11.8 Å². The number of amides is 3. The number of fused-ring (bicyclic) bond motifs is 1. The lowest BCUT2D eigenvalue weighted by Crippen LogP contribution is -2.63. The van der Waals surface area contributed by atoms with Gasteiger partial charge in [0.05, 0.1) is 29.2 Å². The maximum Gasteiger partial charge on any atom is 0.413 e. The predicted molar refractivity (Wildman–Crippen MR) is 173 cm³/mol. The largest absolute Gasteiger partial charge is 0.424 e. The second kappa shape index (κ2) is 15.1. The number of hydrogen-bond acceptors (Lipinski definition) is 12. The molecule has 2 aromatic rings. The Balaban J connectivity index is 1.30. The van der Waals surface area contributed by atoms with Crippen molar-refractivity contribution in [1.82, 2.24) is 14.7 Å².